The number of carboxylic acids is 1. The Morgan fingerprint density at radius 2 is 1.76 bits per heavy atom. The molecule has 3 aromatic carbocycles. The molecule has 196 valence electrons. The number of nitrogens with zero attached hydrogens (tertiary/aromatic N) is 1. The fourth-order valence-corrected chi connectivity index (χ4v) is 5.19. The van der Waals surface area contributed by atoms with Crippen molar-refractivity contribution in [3.8, 4) is 0 Å². The molecule has 2 N–H and O–H groups in total. The van der Waals surface area contributed by atoms with E-state index in [1.165, 1.54) is 6.07 Å². The van der Waals surface area contributed by atoms with E-state index in [0.717, 1.165) is 22.4 Å². The van der Waals surface area contributed by atoms with Gasteiger partial charge in [0.05, 0.1) is 5.41 Å². The first kappa shape index (κ1) is 26.7. The summed E-state index contributed by atoms with van der Waals surface area (Å²) in [5.41, 5.74) is 0.400. The number of carbonyl (C=O) groups excluding carboxylic acids is 1. The van der Waals surface area contributed by atoms with Crippen LogP contribution in [0.3, 0.4) is 0 Å². The zero-order valence-electron chi connectivity index (χ0n) is 21.5. The Balaban J connectivity index is 1.52. The zero-order chi connectivity index (χ0) is 26.7. The second kappa shape index (κ2) is 11.0. The first-order valence-electron chi connectivity index (χ1n) is 12.7. The number of hydrogen-bond donors (Lipinski definition) is 2. The number of halogens is 2. The molecular formula is C30H34F2N2O3. The molecule has 0 aromatic heterocycles. The second-order valence-electron chi connectivity index (χ2n) is 10.7. The summed E-state index contributed by atoms with van der Waals surface area (Å²) in [5, 5.41) is 15.2. The van der Waals surface area contributed by atoms with E-state index < -0.39 is 23.0 Å². The lowest BCUT2D eigenvalue weighted by Gasteiger charge is -2.23. The van der Waals surface area contributed by atoms with Gasteiger partial charge in [-0.25, -0.2) is 8.78 Å². The monoisotopic (exact) mass is 508 g/mol. The third kappa shape index (κ3) is 5.82. The van der Waals surface area contributed by atoms with E-state index in [4.69, 9.17) is 0 Å². The van der Waals surface area contributed by atoms with Crippen molar-refractivity contribution in [2.45, 2.75) is 45.6 Å². The van der Waals surface area contributed by atoms with Gasteiger partial charge in [0.25, 0.3) is 0 Å². The molecule has 1 aliphatic rings. The van der Waals surface area contributed by atoms with E-state index in [1.54, 1.807) is 24.8 Å². The van der Waals surface area contributed by atoms with Crippen LogP contribution in [0.5, 0.6) is 0 Å². The average Bonchev–Trinajstić information content (AvgIpc) is 3.31. The van der Waals surface area contributed by atoms with Crippen LogP contribution in [-0.4, -0.2) is 41.5 Å². The quantitative estimate of drug-likeness (QED) is 0.378. The summed E-state index contributed by atoms with van der Waals surface area (Å²) in [6.45, 7) is 6.43. The number of nitrogens with one attached hydrogen (secondary N) is 1. The van der Waals surface area contributed by atoms with Crippen molar-refractivity contribution in [2.24, 2.45) is 11.3 Å². The second-order valence-corrected chi connectivity index (χ2v) is 10.7. The molecule has 7 heteroatoms. The van der Waals surface area contributed by atoms with Crippen LogP contribution in [0.4, 0.5) is 8.78 Å². The lowest BCUT2D eigenvalue weighted by atomic mass is 9.88. The molecule has 0 aliphatic carbocycles. The first-order chi connectivity index (χ1) is 17.6. The van der Waals surface area contributed by atoms with Crippen molar-refractivity contribution in [1.82, 2.24) is 10.2 Å². The lowest BCUT2D eigenvalue weighted by Crippen LogP contribution is -2.33. The van der Waals surface area contributed by atoms with E-state index in [0.29, 0.717) is 13.1 Å². The minimum Gasteiger partial charge on any atom is -0.481 e. The van der Waals surface area contributed by atoms with Gasteiger partial charge in [0.1, 0.15) is 0 Å². The molecule has 0 radical (unpaired) electrons. The predicted octanol–water partition coefficient (Wildman–Crippen LogP) is 5.90. The number of benzene rings is 3. The number of aliphatic carboxylic acids is 1. The van der Waals surface area contributed by atoms with Crippen LogP contribution in [-0.2, 0) is 9.59 Å². The van der Waals surface area contributed by atoms with Gasteiger partial charge in [0.15, 0.2) is 11.6 Å². The van der Waals surface area contributed by atoms with Crippen molar-refractivity contribution >= 4 is 22.6 Å². The molecule has 0 saturated carbocycles. The van der Waals surface area contributed by atoms with Gasteiger partial charge in [-0.1, -0.05) is 54.6 Å². The lowest BCUT2D eigenvalue weighted by molar-refractivity contribution is -0.147. The summed E-state index contributed by atoms with van der Waals surface area (Å²) in [4.78, 5) is 26.2. The average molecular weight is 509 g/mol. The van der Waals surface area contributed by atoms with E-state index in [9.17, 15) is 23.5 Å². The van der Waals surface area contributed by atoms with Gasteiger partial charge in [-0.2, -0.15) is 0 Å². The van der Waals surface area contributed by atoms with Crippen LogP contribution in [0, 0.1) is 23.0 Å². The highest BCUT2D eigenvalue weighted by Crippen LogP contribution is 2.36. The molecule has 0 spiro atoms. The highest BCUT2D eigenvalue weighted by molar-refractivity contribution is 5.86. The predicted molar refractivity (Wildman–Crippen MR) is 140 cm³/mol. The summed E-state index contributed by atoms with van der Waals surface area (Å²) < 4.78 is 28.9. The van der Waals surface area contributed by atoms with Crippen LogP contribution in [0.15, 0.2) is 60.7 Å². The summed E-state index contributed by atoms with van der Waals surface area (Å²) in [6, 6.07) is 18.5. The van der Waals surface area contributed by atoms with Gasteiger partial charge in [0, 0.05) is 38.0 Å². The van der Waals surface area contributed by atoms with Crippen LogP contribution in [0.25, 0.3) is 10.8 Å². The maximum absolute atomic E-state index is 14.8. The highest BCUT2D eigenvalue weighted by atomic mass is 19.2. The van der Waals surface area contributed by atoms with Crippen LogP contribution in [0.2, 0.25) is 0 Å². The first-order valence-corrected chi connectivity index (χ1v) is 12.7. The third-order valence-corrected chi connectivity index (χ3v) is 7.69. The van der Waals surface area contributed by atoms with Crippen LogP contribution in [0.1, 0.15) is 56.7 Å². The Morgan fingerprint density at radius 1 is 1.05 bits per heavy atom. The van der Waals surface area contributed by atoms with Gasteiger partial charge in [-0.3, -0.25) is 9.59 Å². The molecular weight excluding hydrogens is 474 g/mol. The Hall–Kier alpha value is -3.32. The fourth-order valence-electron chi connectivity index (χ4n) is 5.19. The van der Waals surface area contributed by atoms with Crippen LogP contribution < -0.4 is 5.32 Å². The number of rotatable bonds is 9. The van der Waals surface area contributed by atoms with Crippen LogP contribution >= 0.6 is 0 Å². The molecule has 0 unspecified atom stereocenters. The van der Waals surface area contributed by atoms with Gasteiger partial charge in [0.2, 0.25) is 5.91 Å². The van der Waals surface area contributed by atoms with Gasteiger partial charge in [-0.05, 0) is 61.1 Å². The largest absolute Gasteiger partial charge is 0.481 e. The molecule has 1 heterocycles. The SMILES string of the molecule is C[C@@H](NC[C@H]1CN(C(=O)CCC(C)(C)C(=O)O)C[C@@H]1c1cccc(F)c1F)c1cccc2ccccc12. The number of fused-ring (bicyclic) bond motifs is 1. The smallest absolute Gasteiger partial charge is 0.309 e. The van der Waals surface area contributed by atoms with E-state index >= 15 is 0 Å². The van der Waals surface area contributed by atoms with Crippen molar-refractivity contribution in [3.05, 3.63) is 83.4 Å². The third-order valence-electron chi connectivity index (χ3n) is 7.69. The zero-order valence-corrected chi connectivity index (χ0v) is 21.5. The molecule has 4 rings (SSSR count). The molecule has 3 aromatic rings. The van der Waals surface area contributed by atoms with Gasteiger partial charge < -0.3 is 15.3 Å². The maximum atomic E-state index is 14.8. The van der Waals surface area contributed by atoms with E-state index in [1.807, 2.05) is 18.2 Å². The summed E-state index contributed by atoms with van der Waals surface area (Å²) >= 11 is 0. The Labute approximate surface area is 216 Å². The Kier molecular flexibility index (Phi) is 7.93. The van der Waals surface area contributed by atoms with Crippen molar-refractivity contribution in [2.75, 3.05) is 19.6 Å². The number of likely N-dealkylation sites (tertiary alicyclic amines) is 1. The normalized spacial score (nSPS) is 18.8. The molecule has 1 saturated heterocycles. The number of hydrogen-bond acceptors (Lipinski definition) is 3. The Morgan fingerprint density at radius 3 is 2.51 bits per heavy atom. The molecule has 1 fully saturated rings. The number of carboxylic acid groups (broad SMARTS) is 1. The highest BCUT2D eigenvalue weighted by Gasteiger charge is 2.38. The molecule has 1 aliphatic heterocycles. The molecule has 5 nitrogen and oxygen atoms in total. The Bertz CT molecular complexity index is 1290. The number of carbonyl (C=O) groups is 2. The fraction of sp³-hybridized carbons (Fsp3) is 0.400. The van der Waals surface area contributed by atoms with Gasteiger partial charge in [-0.15, -0.1) is 0 Å². The molecule has 37 heavy (non-hydrogen) atoms. The minimum absolute atomic E-state index is 0.00484. The summed E-state index contributed by atoms with van der Waals surface area (Å²) in [7, 11) is 0. The molecule has 0 bridgehead atoms. The number of amides is 1. The summed E-state index contributed by atoms with van der Waals surface area (Å²) in [5.74, 6) is -3.40. The standard InChI is InChI=1S/C30H34F2N2O3/c1-19(22-11-6-9-20-8-4-5-10-23(20)22)33-16-21-17-34(27(35)14-15-30(2,3)29(36)37)18-25(21)24-12-7-13-26(31)28(24)32/h4-13,19,21,25,33H,14-18H2,1-3H3,(H,36,37)/t19-,21+,25+/m1/s1. The molecule has 1 amide bonds. The maximum Gasteiger partial charge on any atom is 0.309 e. The molecule has 3 atom stereocenters. The van der Waals surface area contributed by atoms with Crippen molar-refractivity contribution in [3.63, 3.8) is 0 Å². The summed E-state index contributed by atoms with van der Waals surface area (Å²) in [6.07, 6.45) is 0.294. The van der Waals surface area contributed by atoms with Crippen molar-refractivity contribution in [1.29, 1.82) is 0 Å². The van der Waals surface area contributed by atoms with Crippen molar-refractivity contribution < 1.29 is 23.5 Å². The van der Waals surface area contributed by atoms with Gasteiger partial charge >= 0.3 is 5.97 Å². The topological polar surface area (TPSA) is 69.6 Å². The van der Waals surface area contributed by atoms with E-state index in [-0.39, 0.29) is 48.7 Å². The minimum atomic E-state index is -1.02. The van der Waals surface area contributed by atoms with E-state index in [2.05, 4.69) is 36.5 Å².